The molecule has 2 rings (SSSR count). The zero-order valence-electron chi connectivity index (χ0n) is 11.7. The third kappa shape index (κ3) is 4.03. The molecule has 0 atom stereocenters. The first-order chi connectivity index (χ1) is 10.9. The maximum Gasteiger partial charge on any atom is 0.264 e. The van der Waals surface area contributed by atoms with Gasteiger partial charge in [-0.2, -0.15) is 0 Å². The monoisotopic (exact) mass is 417 g/mol. The number of rotatable bonds is 5. The number of anilines is 1. The largest absolute Gasteiger partial charge is 0.293 e. The molecule has 2 aromatic carbocycles. The molecule has 2 aromatic rings. The molecule has 1 amide bonds. The highest BCUT2D eigenvalue weighted by atomic mass is 79.9. The van der Waals surface area contributed by atoms with Gasteiger partial charge in [0.05, 0.1) is 10.6 Å². The Morgan fingerprint density at radius 3 is 2.35 bits per heavy atom. The molecule has 0 radical (unpaired) electrons. The number of halogens is 2. The maximum absolute atomic E-state index is 12.9. The number of hydrazine groups is 1. The van der Waals surface area contributed by atoms with Crippen molar-refractivity contribution >= 4 is 49.1 Å². The molecule has 0 saturated carbocycles. The standard InChI is InChI=1S/C14H13BrClN3O3S/c15-12-3-1-2-4-13(12)19(9-14(20)18-17)23(21,22)11-7-5-10(16)6-8-11/h1-8H,9,17H2,(H,18,20). The van der Waals surface area contributed by atoms with Crippen LogP contribution in [0.5, 0.6) is 0 Å². The van der Waals surface area contributed by atoms with Crippen LogP contribution in [-0.4, -0.2) is 20.9 Å². The molecule has 0 bridgehead atoms. The Morgan fingerprint density at radius 2 is 1.78 bits per heavy atom. The number of hydrogen-bond donors (Lipinski definition) is 2. The van der Waals surface area contributed by atoms with Crippen molar-refractivity contribution in [2.24, 2.45) is 5.84 Å². The Morgan fingerprint density at radius 1 is 1.17 bits per heavy atom. The van der Waals surface area contributed by atoms with Crippen LogP contribution in [0.1, 0.15) is 0 Å². The van der Waals surface area contributed by atoms with Gasteiger partial charge >= 0.3 is 0 Å². The van der Waals surface area contributed by atoms with E-state index < -0.39 is 22.5 Å². The number of benzene rings is 2. The van der Waals surface area contributed by atoms with Crippen molar-refractivity contribution in [1.82, 2.24) is 5.43 Å². The van der Waals surface area contributed by atoms with Crippen LogP contribution >= 0.6 is 27.5 Å². The molecule has 0 spiro atoms. The van der Waals surface area contributed by atoms with Gasteiger partial charge in [-0.3, -0.25) is 14.5 Å². The molecule has 23 heavy (non-hydrogen) atoms. The van der Waals surface area contributed by atoms with Crippen molar-refractivity contribution in [3.63, 3.8) is 0 Å². The van der Waals surface area contributed by atoms with Gasteiger partial charge in [-0.05, 0) is 52.3 Å². The van der Waals surface area contributed by atoms with Gasteiger partial charge < -0.3 is 0 Å². The van der Waals surface area contributed by atoms with E-state index in [9.17, 15) is 13.2 Å². The SMILES string of the molecule is NNC(=O)CN(c1ccccc1Br)S(=O)(=O)c1ccc(Cl)cc1. The fourth-order valence-electron chi connectivity index (χ4n) is 1.86. The van der Waals surface area contributed by atoms with Crippen molar-refractivity contribution in [3.05, 3.63) is 58.0 Å². The Hall–Kier alpha value is -1.61. The topological polar surface area (TPSA) is 92.5 Å². The third-order valence-electron chi connectivity index (χ3n) is 2.97. The summed E-state index contributed by atoms with van der Waals surface area (Å²) < 4.78 is 27.3. The van der Waals surface area contributed by atoms with E-state index in [0.717, 1.165) is 4.31 Å². The van der Waals surface area contributed by atoms with Crippen LogP contribution in [0, 0.1) is 0 Å². The lowest BCUT2D eigenvalue weighted by Crippen LogP contribution is -2.43. The summed E-state index contributed by atoms with van der Waals surface area (Å²) in [5, 5.41) is 0.413. The van der Waals surface area contributed by atoms with Crippen molar-refractivity contribution < 1.29 is 13.2 Å². The van der Waals surface area contributed by atoms with Crippen molar-refractivity contribution in [1.29, 1.82) is 0 Å². The lowest BCUT2D eigenvalue weighted by atomic mass is 10.3. The number of nitrogens with zero attached hydrogens (tertiary/aromatic N) is 1. The van der Waals surface area contributed by atoms with Crippen LogP contribution in [0.2, 0.25) is 5.02 Å². The van der Waals surface area contributed by atoms with E-state index in [-0.39, 0.29) is 4.90 Å². The van der Waals surface area contributed by atoms with Gasteiger partial charge in [-0.15, -0.1) is 0 Å². The second-order valence-corrected chi connectivity index (χ2v) is 7.64. The summed E-state index contributed by atoms with van der Waals surface area (Å²) in [5.74, 6) is 4.45. The van der Waals surface area contributed by atoms with Gasteiger partial charge in [-0.1, -0.05) is 23.7 Å². The maximum atomic E-state index is 12.9. The van der Waals surface area contributed by atoms with Crippen molar-refractivity contribution in [2.75, 3.05) is 10.8 Å². The van der Waals surface area contributed by atoms with E-state index in [1.165, 1.54) is 24.3 Å². The second kappa shape index (κ2) is 7.31. The number of amides is 1. The summed E-state index contributed by atoms with van der Waals surface area (Å²) in [7, 11) is -3.97. The minimum Gasteiger partial charge on any atom is -0.293 e. The second-order valence-electron chi connectivity index (χ2n) is 4.48. The Kier molecular flexibility index (Phi) is 5.64. The fourth-order valence-corrected chi connectivity index (χ4v) is 4.05. The molecule has 0 aromatic heterocycles. The molecule has 0 aliphatic heterocycles. The Labute approximate surface area is 147 Å². The molecule has 122 valence electrons. The lowest BCUT2D eigenvalue weighted by Gasteiger charge is -2.24. The summed E-state index contributed by atoms with van der Waals surface area (Å²) in [4.78, 5) is 11.7. The quantitative estimate of drug-likeness (QED) is 0.443. The van der Waals surface area contributed by atoms with E-state index >= 15 is 0 Å². The van der Waals surface area contributed by atoms with E-state index in [1.807, 2.05) is 5.43 Å². The molecule has 6 nitrogen and oxygen atoms in total. The number of nitrogens with one attached hydrogen (secondary N) is 1. The number of carbonyl (C=O) groups is 1. The number of carbonyl (C=O) groups excluding carboxylic acids is 1. The minimum atomic E-state index is -3.97. The molecule has 0 aliphatic carbocycles. The number of nitrogens with two attached hydrogens (primary N) is 1. The van der Waals surface area contributed by atoms with Gasteiger partial charge in [0, 0.05) is 9.50 Å². The van der Waals surface area contributed by atoms with Gasteiger partial charge in [0.2, 0.25) is 0 Å². The van der Waals surface area contributed by atoms with Gasteiger partial charge in [0.1, 0.15) is 6.54 Å². The first-order valence-electron chi connectivity index (χ1n) is 6.38. The molecule has 0 unspecified atom stereocenters. The fraction of sp³-hybridized carbons (Fsp3) is 0.0714. The van der Waals surface area contributed by atoms with Crippen LogP contribution < -0.4 is 15.6 Å². The normalized spacial score (nSPS) is 11.1. The van der Waals surface area contributed by atoms with Crippen LogP contribution in [-0.2, 0) is 14.8 Å². The van der Waals surface area contributed by atoms with Crippen molar-refractivity contribution in [2.45, 2.75) is 4.90 Å². The van der Waals surface area contributed by atoms with Crippen LogP contribution in [0.25, 0.3) is 0 Å². The highest BCUT2D eigenvalue weighted by Crippen LogP contribution is 2.30. The van der Waals surface area contributed by atoms with Crippen LogP contribution in [0.15, 0.2) is 57.9 Å². The summed E-state index contributed by atoms with van der Waals surface area (Å²) in [5.41, 5.74) is 2.26. The summed E-state index contributed by atoms with van der Waals surface area (Å²) in [6.45, 7) is -0.454. The summed E-state index contributed by atoms with van der Waals surface area (Å²) in [6.07, 6.45) is 0. The summed E-state index contributed by atoms with van der Waals surface area (Å²) in [6, 6.07) is 12.4. The zero-order chi connectivity index (χ0) is 17.0. The van der Waals surface area contributed by atoms with E-state index in [2.05, 4.69) is 15.9 Å². The molecular weight excluding hydrogens is 406 g/mol. The Balaban J connectivity index is 2.54. The van der Waals surface area contributed by atoms with Crippen molar-refractivity contribution in [3.8, 4) is 0 Å². The average molecular weight is 419 g/mol. The first kappa shape index (κ1) is 17.7. The molecule has 0 fully saturated rings. The molecule has 0 saturated heterocycles. The highest BCUT2D eigenvalue weighted by Gasteiger charge is 2.28. The Bertz CT molecular complexity index is 812. The van der Waals surface area contributed by atoms with Crippen LogP contribution in [0.4, 0.5) is 5.69 Å². The predicted molar refractivity (Wildman–Crippen MR) is 92.5 cm³/mol. The molecule has 9 heteroatoms. The van der Waals surface area contributed by atoms with E-state index in [1.54, 1.807) is 24.3 Å². The molecule has 0 heterocycles. The number of para-hydroxylation sites is 1. The summed E-state index contributed by atoms with van der Waals surface area (Å²) >= 11 is 9.09. The first-order valence-corrected chi connectivity index (χ1v) is 8.99. The smallest absolute Gasteiger partial charge is 0.264 e. The number of hydrogen-bond acceptors (Lipinski definition) is 4. The molecule has 0 aliphatic rings. The van der Waals surface area contributed by atoms with Gasteiger partial charge in [0.15, 0.2) is 0 Å². The lowest BCUT2D eigenvalue weighted by molar-refractivity contribution is -0.119. The third-order valence-corrected chi connectivity index (χ3v) is 5.67. The predicted octanol–water partition coefficient (Wildman–Crippen LogP) is 2.29. The van der Waals surface area contributed by atoms with Gasteiger partial charge in [0.25, 0.3) is 15.9 Å². The number of sulfonamides is 1. The zero-order valence-corrected chi connectivity index (χ0v) is 14.9. The minimum absolute atomic E-state index is 0.0162. The highest BCUT2D eigenvalue weighted by molar-refractivity contribution is 9.10. The van der Waals surface area contributed by atoms with E-state index in [4.69, 9.17) is 17.4 Å². The van der Waals surface area contributed by atoms with Gasteiger partial charge in [-0.25, -0.2) is 14.3 Å². The van der Waals surface area contributed by atoms with E-state index in [0.29, 0.717) is 15.2 Å². The average Bonchev–Trinajstić information content (AvgIpc) is 2.53. The molecular formula is C14H13BrClN3O3S. The van der Waals surface area contributed by atoms with Crippen LogP contribution in [0.3, 0.4) is 0 Å². The molecule has 3 N–H and O–H groups in total.